The van der Waals surface area contributed by atoms with Crippen LogP contribution in [0.4, 0.5) is 0 Å². The Morgan fingerprint density at radius 3 is 2.75 bits per heavy atom. The molecular weight excluding hydrogens is 246 g/mol. The molecule has 1 aromatic carbocycles. The highest BCUT2D eigenvalue weighted by Crippen LogP contribution is 2.27. The minimum Gasteiger partial charge on any atom is -0.490 e. The minimum absolute atomic E-state index is 0.148. The summed E-state index contributed by atoms with van der Waals surface area (Å²) in [6, 6.07) is 8.52. The van der Waals surface area contributed by atoms with E-state index in [0.717, 1.165) is 18.2 Å². The molecule has 0 aromatic heterocycles. The SMILES string of the molecule is CC1CCCC(Oc2cccc(CNC(C)(C)C)c2)C1. The van der Waals surface area contributed by atoms with Crippen molar-refractivity contribution in [3.63, 3.8) is 0 Å². The van der Waals surface area contributed by atoms with Crippen molar-refractivity contribution < 1.29 is 4.74 Å². The summed E-state index contributed by atoms with van der Waals surface area (Å²) in [6.07, 6.45) is 5.47. The summed E-state index contributed by atoms with van der Waals surface area (Å²) in [5.74, 6) is 1.83. The molecule has 1 saturated carbocycles. The Morgan fingerprint density at radius 2 is 2.05 bits per heavy atom. The van der Waals surface area contributed by atoms with Crippen LogP contribution in [0.5, 0.6) is 5.75 Å². The molecule has 0 saturated heterocycles. The number of hydrogen-bond donors (Lipinski definition) is 1. The van der Waals surface area contributed by atoms with E-state index in [1.54, 1.807) is 0 Å². The van der Waals surface area contributed by atoms with Gasteiger partial charge in [0.2, 0.25) is 0 Å². The van der Waals surface area contributed by atoms with Gasteiger partial charge in [-0.3, -0.25) is 0 Å². The van der Waals surface area contributed by atoms with Crippen LogP contribution in [-0.2, 0) is 6.54 Å². The topological polar surface area (TPSA) is 21.3 Å². The minimum atomic E-state index is 0.148. The van der Waals surface area contributed by atoms with Crippen molar-refractivity contribution in [3.05, 3.63) is 29.8 Å². The first kappa shape index (κ1) is 15.4. The van der Waals surface area contributed by atoms with Crippen molar-refractivity contribution in [3.8, 4) is 5.75 Å². The Bertz CT molecular complexity index is 422. The van der Waals surface area contributed by atoms with E-state index in [9.17, 15) is 0 Å². The quantitative estimate of drug-likeness (QED) is 0.871. The van der Waals surface area contributed by atoms with Crippen molar-refractivity contribution in [2.45, 2.75) is 71.6 Å². The van der Waals surface area contributed by atoms with E-state index in [1.165, 1.54) is 31.2 Å². The van der Waals surface area contributed by atoms with Gasteiger partial charge in [0, 0.05) is 12.1 Å². The Labute approximate surface area is 123 Å². The predicted molar refractivity (Wildman–Crippen MR) is 85.1 cm³/mol. The Balaban J connectivity index is 1.92. The second kappa shape index (κ2) is 6.62. The fourth-order valence-corrected chi connectivity index (χ4v) is 2.77. The van der Waals surface area contributed by atoms with E-state index in [0.29, 0.717) is 6.10 Å². The van der Waals surface area contributed by atoms with Gasteiger partial charge in [-0.05, 0) is 63.6 Å². The van der Waals surface area contributed by atoms with Gasteiger partial charge in [-0.15, -0.1) is 0 Å². The van der Waals surface area contributed by atoms with E-state index < -0.39 is 0 Å². The molecule has 1 N–H and O–H groups in total. The highest BCUT2D eigenvalue weighted by atomic mass is 16.5. The fourth-order valence-electron chi connectivity index (χ4n) is 2.77. The first-order chi connectivity index (χ1) is 9.42. The fraction of sp³-hybridized carbons (Fsp3) is 0.667. The van der Waals surface area contributed by atoms with Crippen LogP contribution in [0.2, 0.25) is 0 Å². The molecule has 0 bridgehead atoms. The van der Waals surface area contributed by atoms with E-state index in [2.05, 4.69) is 57.3 Å². The van der Waals surface area contributed by atoms with E-state index >= 15 is 0 Å². The van der Waals surface area contributed by atoms with E-state index in [4.69, 9.17) is 4.74 Å². The molecule has 2 unspecified atom stereocenters. The summed E-state index contributed by atoms with van der Waals surface area (Å²) in [6.45, 7) is 9.80. The Morgan fingerprint density at radius 1 is 1.25 bits per heavy atom. The van der Waals surface area contributed by atoms with Crippen LogP contribution in [0.1, 0.15) is 58.9 Å². The maximum absolute atomic E-state index is 6.17. The molecular formula is C18H29NO. The van der Waals surface area contributed by atoms with Gasteiger partial charge in [0.25, 0.3) is 0 Å². The molecule has 1 aromatic rings. The third-order valence-electron chi connectivity index (χ3n) is 3.91. The molecule has 1 aliphatic carbocycles. The van der Waals surface area contributed by atoms with Crippen LogP contribution in [0.25, 0.3) is 0 Å². The molecule has 1 fully saturated rings. The Kier molecular flexibility index (Phi) is 5.09. The summed E-state index contributed by atoms with van der Waals surface area (Å²) < 4.78 is 6.17. The zero-order valence-electron chi connectivity index (χ0n) is 13.4. The third kappa shape index (κ3) is 5.16. The lowest BCUT2D eigenvalue weighted by Gasteiger charge is -2.27. The predicted octanol–water partition coefficient (Wildman–Crippen LogP) is 4.53. The molecule has 2 rings (SSSR count). The molecule has 2 nitrogen and oxygen atoms in total. The normalized spacial score (nSPS) is 23.6. The standard InChI is InChI=1S/C18H29NO/c1-14-7-5-9-16(11-14)20-17-10-6-8-15(12-17)13-19-18(2,3)4/h6,8,10,12,14,16,19H,5,7,9,11,13H2,1-4H3. The highest BCUT2D eigenvalue weighted by molar-refractivity contribution is 5.28. The summed E-state index contributed by atoms with van der Waals surface area (Å²) in [7, 11) is 0. The lowest BCUT2D eigenvalue weighted by atomic mass is 9.89. The Hall–Kier alpha value is -1.02. The first-order valence-corrected chi connectivity index (χ1v) is 7.93. The average molecular weight is 275 g/mol. The lowest BCUT2D eigenvalue weighted by molar-refractivity contribution is 0.129. The highest BCUT2D eigenvalue weighted by Gasteiger charge is 2.20. The van der Waals surface area contributed by atoms with Gasteiger partial charge in [-0.2, -0.15) is 0 Å². The van der Waals surface area contributed by atoms with Gasteiger partial charge in [0.05, 0.1) is 6.10 Å². The molecule has 2 atom stereocenters. The molecule has 0 spiro atoms. The van der Waals surface area contributed by atoms with Crippen LogP contribution in [0.15, 0.2) is 24.3 Å². The van der Waals surface area contributed by atoms with Crippen LogP contribution < -0.4 is 10.1 Å². The van der Waals surface area contributed by atoms with Crippen molar-refractivity contribution in [1.29, 1.82) is 0 Å². The summed E-state index contributed by atoms with van der Waals surface area (Å²) in [4.78, 5) is 0. The maximum Gasteiger partial charge on any atom is 0.120 e. The summed E-state index contributed by atoms with van der Waals surface area (Å²) in [5.41, 5.74) is 1.44. The van der Waals surface area contributed by atoms with E-state index in [-0.39, 0.29) is 5.54 Å². The van der Waals surface area contributed by atoms with Crippen molar-refractivity contribution >= 4 is 0 Å². The number of ether oxygens (including phenoxy) is 1. The van der Waals surface area contributed by atoms with E-state index in [1.807, 2.05) is 0 Å². The third-order valence-corrected chi connectivity index (χ3v) is 3.91. The number of nitrogens with one attached hydrogen (secondary N) is 1. The van der Waals surface area contributed by atoms with Crippen LogP contribution in [0.3, 0.4) is 0 Å². The summed E-state index contributed by atoms with van der Waals surface area (Å²) in [5, 5.41) is 3.52. The van der Waals surface area contributed by atoms with Gasteiger partial charge >= 0.3 is 0 Å². The molecule has 112 valence electrons. The lowest BCUT2D eigenvalue weighted by Crippen LogP contribution is -2.35. The average Bonchev–Trinajstić information content (AvgIpc) is 2.36. The molecule has 1 aliphatic rings. The second-order valence-corrected chi connectivity index (χ2v) is 7.26. The molecule has 2 heteroatoms. The smallest absolute Gasteiger partial charge is 0.120 e. The molecule has 0 radical (unpaired) electrons. The van der Waals surface area contributed by atoms with Crippen molar-refractivity contribution in [2.24, 2.45) is 5.92 Å². The number of hydrogen-bond acceptors (Lipinski definition) is 2. The summed E-state index contributed by atoms with van der Waals surface area (Å²) >= 11 is 0. The van der Waals surface area contributed by atoms with Gasteiger partial charge in [-0.25, -0.2) is 0 Å². The van der Waals surface area contributed by atoms with Crippen LogP contribution >= 0.6 is 0 Å². The van der Waals surface area contributed by atoms with Gasteiger partial charge in [0.1, 0.15) is 5.75 Å². The van der Waals surface area contributed by atoms with Gasteiger partial charge in [-0.1, -0.05) is 25.5 Å². The largest absolute Gasteiger partial charge is 0.490 e. The molecule has 0 aliphatic heterocycles. The zero-order valence-corrected chi connectivity index (χ0v) is 13.4. The molecule has 0 amide bonds. The molecule has 0 heterocycles. The number of rotatable bonds is 4. The zero-order chi connectivity index (χ0) is 14.6. The van der Waals surface area contributed by atoms with Gasteiger partial charge < -0.3 is 10.1 Å². The first-order valence-electron chi connectivity index (χ1n) is 7.93. The second-order valence-electron chi connectivity index (χ2n) is 7.26. The van der Waals surface area contributed by atoms with Crippen LogP contribution in [0, 0.1) is 5.92 Å². The maximum atomic E-state index is 6.17. The number of benzene rings is 1. The van der Waals surface area contributed by atoms with Crippen molar-refractivity contribution in [2.75, 3.05) is 0 Å². The van der Waals surface area contributed by atoms with Crippen molar-refractivity contribution in [1.82, 2.24) is 5.32 Å². The monoisotopic (exact) mass is 275 g/mol. The van der Waals surface area contributed by atoms with Crippen LogP contribution in [-0.4, -0.2) is 11.6 Å². The molecule has 20 heavy (non-hydrogen) atoms. The van der Waals surface area contributed by atoms with Gasteiger partial charge in [0.15, 0.2) is 0 Å².